The van der Waals surface area contributed by atoms with E-state index in [1.807, 2.05) is 54.6 Å². The number of benzene rings is 2. The van der Waals surface area contributed by atoms with Gasteiger partial charge in [0.1, 0.15) is 16.9 Å². The van der Waals surface area contributed by atoms with Crippen LogP contribution in [0.15, 0.2) is 67.3 Å². The fraction of sp³-hybridized carbons (Fsp3) is 0.0952. The maximum atomic E-state index is 12.9. The first-order valence-corrected chi connectivity index (χ1v) is 8.66. The van der Waals surface area contributed by atoms with Gasteiger partial charge in [-0.05, 0) is 17.7 Å². The van der Waals surface area contributed by atoms with Gasteiger partial charge in [0, 0.05) is 13.1 Å². The predicted octanol–water partition coefficient (Wildman–Crippen LogP) is 3.28. The molecule has 0 aliphatic heterocycles. The Morgan fingerprint density at radius 1 is 1.07 bits per heavy atom. The van der Waals surface area contributed by atoms with E-state index in [1.165, 1.54) is 0 Å². The van der Waals surface area contributed by atoms with E-state index < -0.39 is 0 Å². The molecule has 3 N–H and O–H groups in total. The van der Waals surface area contributed by atoms with Gasteiger partial charge in [-0.1, -0.05) is 48.5 Å². The van der Waals surface area contributed by atoms with Crippen LogP contribution in [0.2, 0.25) is 0 Å². The quantitative estimate of drug-likeness (QED) is 0.537. The molecule has 134 valence electrons. The molecule has 4 rings (SSSR count). The molecule has 0 spiro atoms. The second-order valence-corrected chi connectivity index (χ2v) is 6.21. The highest BCUT2D eigenvalue weighted by Gasteiger charge is 2.23. The smallest absolute Gasteiger partial charge is 0.257 e. The molecular formula is C21H19N5O. The van der Waals surface area contributed by atoms with Crippen LogP contribution in [0.1, 0.15) is 15.9 Å². The summed E-state index contributed by atoms with van der Waals surface area (Å²) >= 11 is 0. The number of para-hydroxylation sites is 2. The van der Waals surface area contributed by atoms with E-state index in [2.05, 4.69) is 21.9 Å². The summed E-state index contributed by atoms with van der Waals surface area (Å²) in [6.45, 7) is 4.63. The van der Waals surface area contributed by atoms with Crippen molar-refractivity contribution >= 4 is 33.9 Å². The van der Waals surface area contributed by atoms with Crippen LogP contribution in [0, 0.1) is 0 Å². The molecule has 2 aromatic heterocycles. The Balaban J connectivity index is 1.80. The van der Waals surface area contributed by atoms with Crippen molar-refractivity contribution in [3.05, 3.63) is 78.4 Å². The molecule has 4 aromatic rings. The normalized spacial score (nSPS) is 11.0. The summed E-state index contributed by atoms with van der Waals surface area (Å²) in [5, 5.41) is 2.93. The Hall–Kier alpha value is -3.67. The number of nitrogens with zero attached hydrogens (tertiary/aromatic N) is 3. The van der Waals surface area contributed by atoms with Crippen molar-refractivity contribution in [2.24, 2.45) is 0 Å². The molecular weight excluding hydrogens is 338 g/mol. The molecule has 27 heavy (non-hydrogen) atoms. The molecule has 0 atom stereocenters. The largest absolute Gasteiger partial charge is 0.384 e. The average molecular weight is 357 g/mol. The van der Waals surface area contributed by atoms with Crippen LogP contribution in [0.5, 0.6) is 0 Å². The lowest BCUT2D eigenvalue weighted by Gasteiger charge is -2.06. The Morgan fingerprint density at radius 3 is 2.44 bits per heavy atom. The molecule has 0 saturated heterocycles. The van der Waals surface area contributed by atoms with Gasteiger partial charge in [0.05, 0.1) is 11.0 Å². The van der Waals surface area contributed by atoms with Crippen LogP contribution < -0.4 is 11.1 Å². The molecule has 2 heterocycles. The second kappa shape index (κ2) is 6.92. The third kappa shape index (κ3) is 3.01. The number of nitrogens with one attached hydrogen (secondary N) is 1. The molecule has 0 aliphatic carbocycles. The van der Waals surface area contributed by atoms with E-state index in [9.17, 15) is 4.79 Å². The molecule has 0 saturated carbocycles. The van der Waals surface area contributed by atoms with Crippen LogP contribution in [-0.4, -0.2) is 20.4 Å². The Bertz CT molecular complexity index is 1150. The van der Waals surface area contributed by atoms with Crippen LogP contribution >= 0.6 is 0 Å². The number of hydrogen-bond donors (Lipinski definition) is 2. The number of allylic oxidation sites excluding steroid dienone is 1. The van der Waals surface area contributed by atoms with Gasteiger partial charge in [-0.25, -0.2) is 9.97 Å². The lowest BCUT2D eigenvalue weighted by atomic mass is 10.2. The summed E-state index contributed by atoms with van der Waals surface area (Å²) in [4.78, 5) is 22.2. The monoisotopic (exact) mass is 357 g/mol. The van der Waals surface area contributed by atoms with Gasteiger partial charge in [-0.15, -0.1) is 6.58 Å². The molecule has 6 heteroatoms. The van der Waals surface area contributed by atoms with Gasteiger partial charge >= 0.3 is 0 Å². The third-order valence-electron chi connectivity index (χ3n) is 4.43. The maximum absolute atomic E-state index is 12.9. The zero-order valence-electron chi connectivity index (χ0n) is 14.7. The molecule has 0 unspecified atom stereocenters. The fourth-order valence-electron chi connectivity index (χ4n) is 3.12. The van der Waals surface area contributed by atoms with Crippen LogP contribution in [0.4, 0.5) is 5.82 Å². The summed E-state index contributed by atoms with van der Waals surface area (Å²) in [5.74, 6) is 0.0690. The van der Waals surface area contributed by atoms with Gasteiger partial charge in [0.25, 0.3) is 5.91 Å². The number of anilines is 1. The standard InChI is InChI=1S/C21H19N5O/c1-2-12-26-19(22)17(21(27)23-13-14-8-4-3-5-9-14)18-20(26)25-16-11-7-6-10-15(16)24-18/h2-11H,1,12-13,22H2,(H,23,27). The zero-order chi connectivity index (χ0) is 18.8. The molecule has 0 aliphatic rings. The number of nitrogens with two attached hydrogens (primary N) is 1. The second-order valence-electron chi connectivity index (χ2n) is 6.21. The number of rotatable bonds is 5. The molecule has 0 radical (unpaired) electrons. The number of fused-ring (bicyclic) bond motifs is 2. The Kier molecular flexibility index (Phi) is 4.30. The van der Waals surface area contributed by atoms with Crippen LogP contribution in [0.3, 0.4) is 0 Å². The summed E-state index contributed by atoms with van der Waals surface area (Å²) in [5.41, 5.74) is 10.2. The van der Waals surface area contributed by atoms with E-state index in [1.54, 1.807) is 10.6 Å². The maximum Gasteiger partial charge on any atom is 0.257 e. The fourth-order valence-corrected chi connectivity index (χ4v) is 3.12. The van der Waals surface area contributed by atoms with Crippen LogP contribution in [-0.2, 0) is 13.1 Å². The van der Waals surface area contributed by atoms with E-state index in [4.69, 9.17) is 5.73 Å². The highest BCUT2D eigenvalue weighted by molar-refractivity contribution is 6.10. The van der Waals surface area contributed by atoms with Gasteiger partial charge < -0.3 is 15.6 Å². The van der Waals surface area contributed by atoms with E-state index in [0.717, 1.165) is 16.6 Å². The minimum atomic E-state index is -0.270. The van der Waals surface area contributed by atoms with Gasteiger partial charge in [0.15, 0.2) is 5.65 Å². The lowest BCUT2D eigenvalue weighted by molar-refractivity contribution is 0.0953. The minimum absolute atomic E-state index is 0.270. The van der Waals surface area contributed by atoms with Crippen molar-refractivity contribution in [2.75, 3.05) is 5.73 Å². The lowest BCUT2D eigenvalue weighted by Crippen LogP contribution is -2.24. The highest BCUT2D eigenvalue weighted by Crippen LogP contribution is 2.27. The van der Waals surface area contributed by atoms with Crippen molar-refractivity contribution in [3.63, 3.8) is 0 Å². The van der Waals surface area contributed by atoms with Crippen LogP contribution in [0.25, 0.3) is 22.2 Å². The number of amides is 1. The van der Waals surface area contributed by atoms with E-state index >= 15 is 0 Å². The van der Waals surface area contributed by atoms with Crippen molar-refractivity contribution in [1.82, 2.24) is 19.9 Å². The van der Waals surface area contributed by atoms with E-state index in [0.29, 0.717) is 35.6 Å². The van der Waals surface area contributed by atoms with Gasteiger partial charge in [0.2, 0.25) is 0 Å². The molecule has 2 aromatic carbocycles. The number of nitrogen functional groups attached to an aromatic ring is 1. The molecule has 0 fully saturated rings. The highest BCUT2D eigenvalue weighted by atomic mass is 16.1. The van der Waals surface area contributed by atoms with Crippen molar-refractivity contribution in [1.29, 1.82) is 0 Å². The van der Waals surface area contributed by atoms with Crippen molar-refractivity contribution < 1.29 is 4.79 Å². The average Bonchev–Trinajstić information content (AvgIpc) is 2.96. The topological polar surface area (TPSA) is 85.8 Å². The number of carbonyl (C=O) groups excluding carboxylic acids is 1. The first-order chi connectivity index (χ1) is 13.2. The van der Waals surface area contributed by atoms with Crippen molar-refractivity contribution in [3.8, 4) is 0 Å². The van der Waals surface area contributed by atoms with Gasteiger partial charge in [-0.2, -0.15) is 0 Å². The van der Waals surface area contributed by atoms with Crippen molar-refractivity contribution in [2.45, 2.75) is 13.1 Å². The van der Waals surface area contributed by atoms with Gasteiger partial charge in [-0.3, -0.25) is 4.79 Å². The third-order valence-corrected chi connectivity index (χ3v) is 4.43. The molecule has 6 nitrogen and oxygen atoms in total. The SMILES string of the molecule is C=CCn1c(N)c(C(=O)NCc2ccccc2)c2nc3ccccc3nc21. The number of aromatic nitrogens is 3. The number of carbonyl (C=O) groups is 1. The first kappa shape index (κ1) is 16.8. The summed E-state index contributed by atoms with van der Waals surface area (Å²) in [6, 6.07) is 17.3. The Labute approximate surface area is 156 Å². The predicted molar refractivity (Wildman–Crippen MR) is 107 cm³/mol. The zero-order valence-corrected chi connectivity index (χ0v) is 14.7. The Morgan fingerprint density at radius 2 is 1.74 bits per heavy atom. The van der Waals surface area contributed by atoms with E-state index in [-0.39, 0.29) is 5.91 Å². The molecule has 0 bridgehead atoms. The summed E-state index contributed by atoms with van der Waals surface area (Å²) in [7, 11) is 0. The first-order valence-electron chi connectivity index (χ1n) is 8.66. The number of hydrogen-bond acceptors (Lipinski definition) is 4. The summed E-state index contributed by atoms with van der Waals surface area (Å²) in [6.07, 6.45) is 1.72. The summed E-state index contributed by atoms with van der Waals surface area (Å²) < 4.78 is 1.76. The minimum Gasteiger partial charge on any atom is -0.384 e. The molecule has 1 amide bonds.